The Labute approximate surface area is 113 Å². The number of hydrogen-bond acceptors (Lipinski definition) is 6. The molecule has 1 unspecified atom stereocenters. The second-order valence-electron chi connectivity index (χ2n) is 4.61. The van der Waals surface area contributed by atoms with Gasteiger partial charge in [0.15, 0.2) is 5.82 Å². The van der Waals surface area contributed by atoms with Gasteiger partial charge in [-0.25, -0.2) is 0 Å². The highest BCUT2D eigenvalue weighted by atomic mass is 16.5. The smallest absolute Gasteiger partial charge is 0.169 e. The molecule has 1 fully saturated rings. The van der Waals surface area contributed by atoms with Crippen LogP contribution in [0.5, 0.6) is 0 Å². The van der Waals surface area contributed by atoms with E-state index in [0.717, 1.165) is 19.5 Å². The Morgan fingerprint density at radius 2 is 2.53 bits per heavy atom. The van der Waals surface area contributed by atoms with E-state index in [1.54, 1.807) is 19.4 Å². The van der Waals surface area contributed by atoms with Crippen molar-refractivity contribution in [3.05, 3.63) is 17.8 Å². The van der Waals surface area contributed by atoms with Crippen LogP contribution in [0.4, 0.5) is 5.82 Å². The fraction of sp³-hybridized carbons (Fsp3) is 0.615. The molecule has 2 rings (SSSR count). The third-order valence-corrected chi connectivity index (χ3v) is 3.29. The lowest BCUT2D eigenvalue weighted by atomic mass is 10.2. The summed E-state index contributed by atoms with van der Waals surface area (Å²) in [6, 6.07) is 4.32. The van der Waals surface area contributed by atoms with E-state index in [-0.39, 0.29) is 0 Å². The minimum Gasteiger partial charge on any atom is -0.383 e. The van der Waals surface area contributed by atoms with Gasteiger partial charge < -0.3 is 15.0 Å². The lowest BCUT2D eigenvalue weighted by molar-refractivity contribution is 0.204. The molecule has 0 aliphatic carbocycles. The van der Waals surface area contributed by atoms with Gasteiger partial charge in [-0.2, -0.15) is 10.4 Å². The zero-order chi connectivity index (χ0) is 13.5. The molecule has 1 saturated heterocycles. The molecule has 0 spiro atoms. The summed E-state index contributed by atoms with van der Waals surface area (Å²) in [6.45, 7) is 3.21. The summed E-state index contributed by atoms with van der Waals surface area (Å²) in [5.74, 6) is 0.649. The molecule has 0 saturated carbocycles. The van der Waals surface area contributed by atoms with Crippen LogP contribution in [0, 0.1) is 11.3 Å². The van der Waals surface area contributed by atoms with Crippen molar-refractivity contribution < 1.29 is 4.74 Å². The standard InChI is InChI=1S/C13H19N5O/c1-19-8-7-18(10-12-3-2-5-15-12)13-11(9-14)4-6-16-17-13/h4,6,12,15H,2-3,5,7-8,10H2,1H3. The van der Waals surface area contributed by atoms with Gasteiger partial charge in [-0.15, -0.1) is 5.10 Å². The van der Waals surface area contributed by atoms with E-state index in [0.29, 0.717) is 30.6 Å². The summed E-state index contributed by atoms with van der Waals surface area (Å²) in [6.07, 6.45) is 3.91. The Hall–Kier alpha value is -1.71. The SMILES string of the molecule is COCCN(CC1CCCN1)c1nnccc1C#N. The summed E-state index contributed by atoms with van der Waals surface area (Å²) in [7, 11) is 1.67. The van der Waals surface area contributed by atoms with Crippen LogP contribution in [0.15, 0.2) is 12.3 Å². The highest BCUT2D eigenvalue weighted by Gasteiger charge is 2.20. The molecular weight excluding hydrogens is 242 g/mol. The number of rotatable bonds is 6. The van der Waals surface area contributed by atoms with Gasteiger partial charge in [0.25, 0.3) is 0 Å². The van der Waals surface area contributed by atoms with Crippen LogP contribution in [0.3, 0.4) is 0 Å². The van der Waals surface area contributed by atoms with E-state index in [9.17, 15) is 0 Å². The Morgan fingerprint density at radius 3 is 3.21 bits per heavy atom. The van der Waals surface area contributed by atoms with Crippen molar-refractivity contribution in [1.29, 1.82) is 5.26 Å². The van der Waals surface area contributed by atoms with Crippen LogP contribution < -0.4 is 10.2 Å². The van der Waals surface area contributed by atoms with E-state index >= 15 is 0 Å². The molecular formula is C13H19N5O. The minimum absolute atomic E-state index is 0.449. The fourth-order valence-corrected chi connectivity index (χ4v) is 2.31. The number of methoxy groups -OCH3 is 1. The first kappa shape index (κ1) is 13.7. The lowest BCUT2D eigenvalue weighted by Gasteiger charge is -2.26. The van der Waals surface area contributed by atoms with Crippen molar-refractivity contribution in [2.45, 2.75) is 18.9 Å². The molecule has 1 aromatic rings. The van der Waals surface area contributed by atoms with Crippen molar-refractivity contribution in [1.82, 2.24) is 15.5 Å². The van der Waals surface area contributed by atoms with Gasteiger partial charge >= 0.3 is 0 Å². The van der Waals surface area contributed by atoms with Crippen LogP contribution >= 0.6 is 0 Å². The van der Waals surface area contributed by atoms with Crippen LogP contribution in [-0.2, 0) is 4.74 Å². The second kappa shape index (κ2) is 7.02. The van der Waals surface area contributed by atoms with E-state index in [4.69, 9.17) is 10.00 Å². The van der Waals surface area contributed by atoms with Crippen LogP contribution in [0.2, 0.25) is 0 Å². The van der Waals surface area contributed by atoms with Crippen molar-refractivity contribution in [2.24, 2.45) is 0 Å². The third kappa shape index (κ3) is 3.63. The topological polar surface area (TPSA) is 74.1 Å². The molecule has 6 nitrogen and oxygen atoms in total. The average Bonchev–Trinajstić information content (AvgIpc) is 2.96. The molecule has 0 aromatic carbocycles. The zero-order valence-corrected chi connectivity index (χ0v) is 11.2. The third-order valence-electron chi connectivity index (χ3n) is 3.29. The number of nitrogens with one attached hydrogen (secondary N) is 1. The lowest BCUT2D eigenvalue weighted by Crippen LogP contribution is -2.40. The molecule has 1 atom stereocenters. The number of hydrogen-bond donors (Lipinski definition) is 1. The summed E-state index contributed by atoms with van der Waals surface area (Å²) in [5, 5.41) is 20.6. The average molecular weight is 261 g/mol. The predicted octanol–water partition coefficient (Wildman–Crippen LogP) is 0.553. The zero-order valence-electron chi connectivity index (χ0n) is 11.2. The molecule has 0 radical (unpaired) electrons. The molecule has 1 aliphatic rings. The van der Waals surface area contributed by atoms with Crippen LogP contribution in [0.25, 0.3) is 0 Å². The normalized spacial score (nSPS) is 18.2. The summed E-state index contributed by atoms with van der Waals surface area (Å²) < 4.78 is 5.14. The van der Waals surface area contributed by atoms with Gasteiger partial charge in [-0.3, -0.25) is 0 Å². The number of nitrogens with zero attached hydrogens (tertiary/aromatic N) is 4. The van der Waals surface area contributed by atoms with E-state index in [2.05, 4.69) is 26.5 Å². The molecule has 1 N–H and O–H groups in total. The molecule has 6 heteroatoms. The largest absolute Gasteiger partial charge is 0.383 e. The maximum absolute atomic E-state index is 9.16. The second-order valence-corrected chi connectivity index (χ2v) is 4.61. The minimum atomic E-state index is 0.449. The molecule has 0 amide bonds. The van der Waals surface area contributed by atoms with Gasteiger partial charge in [-0.05, 0) is 25.5 Å². The predicted molar refractivity (Wildman–Crippen MR) is 71.9 cm³/mol. The molecule has 1 aromatic heterocycles. The van der Waals surface area contributed by atoms with Crippen molar-refractivity contribution in [3.8, 4) is 6.07 Å². The Bertz CT molecular complexity index is 439. The molecule has 1 aliphatic heterocycles. The van der Waals surface area contributed by atoms with Crippen LogP contribution in [-0.4, -0.2) is 49.6 Å². The maximum Gasteiger partial charge on any atom is 0.169 e. The molecule has 0 bridgehead atoms. The van der Waals surface area contributed by atoms with E-state index in [1.165, 1.54) is 6.42 Å². The summed E-state index contributed by atoms with van der Waals surface area (Å²) in [4.78, 5) is 2.08. The van der Waals surface area contributed by atoms with Gasteiger partial charge in [0, 0.05) is 26.2 Å². The highest BCUT2D eigenvalue weighted by Crippen LogP contribution is 2.17. The first-order chi connectivity index (χ1) is 9.35. The highest BCUT2D eigenvalue weighted by molar-refractivity contribution is 5.52. The van der Waals surface area contributed by atoms with Crippen LogP contribution in [0.1, 0.15) is 18.4 Å². The Kier molecular flexibility index (Phi) is 5.07. The first-order valence-electron chi connectivity index (χ1n) is 6.54. The molecule has 2 heterocycles. The van der Waals surface area contributed by atoms with Crippen molar-refractivity contribution >= 4 is 5.82 Å². The Balaban J connectivity index is 2.13. The Morgan fingerprint density at radius 1 is 1.63 bits per heavy atom. The monoisotopic (exact) mass is 261 g/mol. The summed E-state index contributed by atoms with van der Waals surface area (Å²) >= 11 is 0. The number of anilines is 1. The van der Waals surface area contributed by atoms with Gasteiger partial charge in [0.05, 0.1) is 18.4 Å². The van der Waals surface area contributed by atoms with Gasteiger partial charge in [0.2, 0.25) is 0 Å². The molecule has 102 valence electrons. The quantitative estimate of drug-likeness (QED) is 0.806. The molecule has 19 heavy (non-hydrogen) atoms. The van der Waals surface area contributed by atoms with E-state index < -0.39 is 0 Å². The van der Waals surface area contributed by atoms with Gasteiger partial charge in [-0.1, -0.05) is 0 Å². The maximum atomic E-state index is 9.16. The fourth-order valence-electron chi connectivity index (χ4n) is 2.31. The number of nitriles is 1. The number of aromatic nitrogens is 2. The van der Waals surface area contributed by atoms with E-state index in [1.807, 2.05) is 0 Å². The van der Waals surface area contributed by atoms with Gasteiger partial charge in [0.1, 0.15) is 6.07 Å². The van der Waals surface area contributed by atoms with Crippen molar-refractivity contribution in [2.75, 3.05) is 38.3 Å². The van der Waals surface area contributed by atoms with Crippen molar-refractivity contribution in [3.63, 3.8) is 0 Å². The number of ether oxygens (including phenoxy) is 1. The summed E-state index contributed by atoms with van der Waals surface area (Å²) in [5.41, 5.74) is 0.559. The first-order valence-corrected chi connectivity index (χ1v) is 6.54.